The van der Waals surface area contributed by atoms with Crippen molar-refractivity contribution in [3.63, 3.8) is 0 Å². The summed E-state index contributed by atoms with van der Waals surface area (Å²) in [4.78, 5) is 4.71. The fraction of sp³-hybridized carbons (Fsp3) is 0.455. The van der Waals surface area contributed by atoms with Crippen LogP contribution in [0.5, 0.6) is 0 Å². The van der Waals surface area contributed by atoms with Gasteiger partial charge in [0.15, 0.2) is 0 Å². The molecule has 1 saturated carbocycles. The number of benzene rings is 2. The van der Waals surface area contributed by atoms with Crippen LogP contribution in [0.3, 0.4) is 0 Å². The van der Waals surface area contributed by atoms with Gasteiger partial charge in [-0.2, -0.15) is 5.10 Å². The fourth-order valence-electron chi connectivity index (χ4n) is 6.25. The lowest BCUT2D eigenvalue weighted by atomic mass is 9.76. The Morgan fingerprint density at radius 3 is 2.39 bits per heavy atom. The first-order valence-corrected chi connectivity index (χ1v) is 17.8. The number of hydrogen-bond acceptors (Lipinski definition) is 5. The predicted molar refractivity (Wildman–Crippen MR) is 182 cm³/mol. The van der Waals surface area contributed by atoms with E-state index in [9.17, 15) is 8.42 Å². The van der Waals surface area contributed by atoms with E-state index in [1.165, 1.54) is 18.9 Å². The summed E-state index contributed by atoms with van der Waals surface area (Å²) < 4.78 is 62.1. The van der Waals surface area contributed by atoms with E-state index in [4.69, 9.17) is 10.1 Å². The normalized spacial score (nSPS) is 17.5. The summed E-state index contributed by atoms with van der Waals surface area (Å²) in [7, 11) is -2.40. The molecule has 4 aromatic rings. The number of nitrogens with one attached hydrogen (secondary N) is 2. The zero-order chi connectivity index (χ0) is 31.8. The lowest BCUT2D eigenvalue weighted by molar-refractivity contribution is 0.293. The fourth-order valence-corrected chi connectivity index (χ4v) is 8.64. The molecular weight excluding hydrogens is 695 g/mol. The number of halogens is 3. The molecule has 5 rings (SSSR count). The van der Waals surface area contributed by atoms with E-state index in [1.807, 2.05) is 47.3 Å². The summed E-state index contributed by atoms with van der Waals surface area (Å²) in [6, 6.07) is 8.17. The van der Waals surface area contributed by atoms with Gasteiger partial charge >= 0.3 is 0 Å². The van der Waals surface area contributed by atoms with Crippen LogP contribution in [-0.4, -0.2) is 30.2 Å². The van der Waals surface area contributed by atoms with Crippen LogP contribution < -0.4 is 10.0 Å². The molecule has 0 radical (unpaired) electrons. The lowest BCUT2D eigenvalue weighted by Gasteiger charge is -2.30. The lowest BCUT2D eigenvalue weighted by Crippen LogP contribution is -2.16. The smallest absolute Gasteiger partial charge is 0.263 e. The second-order valence-corrected chi connectivity index (χ2v) is 15.3. The van der Waals surface area contributed by atoms with Crippen molar-refractivity contribution in [3.05, 3.63) is 63.4 Å². The Bertz CT molecular complexity index is 1770. The molecule has 2 heterocycles. The number of rotatable bonds is 10. The Morgan fingerprint density at radius 2 is 1.75 bits per heavy atom. The van der Waals surface area contributed by atoms with Crippen molar-refractivity contribution in [3.8, 4) is 11.3 Å². The Balaban J connectivity index is 1.56. The van der Waals surface area contributed by atoms with E-state index in [0.717, 1.165) is 54.8 Å². The Kier molecular flexibility index (Phi) is 9.84. The summed E-state index contributed by atoms with van der Waals surface area (Å²) in [6.45, 7) is 8.58. The summed E-state index contributed by atoms with van der Waals surface area (Å²) in [5.41, 5.74) is 1.69. The molecule has 2 aromatic carbocycles. The third-order valence-electron chi connectivity index (χ3n) is 8.60. The maximum atomic E-state index is 15.9. The molecular formula is C33H40F2IN5O2S. The zero-order valence-corrected chi connectivity index (χ0v) is 28.8. The molecule has 0 aliphatic heterocycles. The van der Waals surface area contributed by atoms with Crippen molar-refractivity contribution in [2.45, 2.75) is 83.1 Å². The highest BCUT2D eigenvalue weighted by Gasteiger charge is 2.30. The van der Waals surface area contributed by atoms with Gasteiger partial charge in [-0.25, -0.2) is 22.2 Å². The summed E-state index contributed by atoms with van der Waals surface area (Å²) in [5.74, 6) is 0.569. The molecule has 0 spiro atoms. The second kappa shape index (κ2) is 13.3. The van der Waals surface area contributed by atoms with E-state index in [-0.39, 0.29) is 22.2 Å². The highest BCUT2D eigenvalue weighted by Crippen LogP contribution is 2.44. The molecule has 1 aliphatic carbocycles. The number of sulfonamides is 1. The second-order valence-electron chi connectivity index (χ2n) is 12.5. The van der Waals surface area contributed by atoms with Gasteiger partial charge in [-0.15, -0.1) is 0 Å². The monoisotopic (exact) mass is 735 g/mol. The van der Waals surface area contributed by atoms with Crippen molar-refractivity contribution < 1.29 is 17.2 Å². The molecule has 1 aliphatic rings. The number of anilines is 2. The summed E-state index contributed by atoms with van der Waals surface area (Å²) in [5, 5.41) is 8.60. The molecule has 0 saturated heterocycles. The van der Waals surface area contributed by atoms with Gasteiger partial charge in [0.05, 0.1) is 16.6 Å². The van der Waals surface area contributed by atoms with E-state index in [1.54, 1.807) is 25.2 Å². The first-order chi connectivity index (χ1) is 20.9. The van der Waals surface area contributed by atoms with Crippen molar-refractivity contribution in [1.29, 1.82) is 0 Å². The minimum Gasteiger partial charge on any atom is -0.373 e. The molecule has 1 fully saturated rings. The predicted octanol–water partition coefficient (Wildman–Crippen LogP) is 9.11. The standard InChI is InChI=1S/C33H40F2IN5O2S/c1-19(2)10-11-21-12-14-22(15-13-21)24-18-38-33(37-5)30-31(39-41(20(3)4)32(24)30)23-16-26(35)28(17-25(23)34)40-44(42,43)29-9-7-6-8-27(29)36/h6-9,16-22,40H,10-15H2,1-5H3,(H,37,38)/t21-,22-. The van der Waals surface area contributed by atoms with Gasteiger partial charge in [0, 0.05) is 34.5 Å². The number of nitrogens with zero attached hydrogens (tertiary/aromatic N) is 3. The van der Waals surface area contributed by atoms with Gasteiger partial charge in [-0.1, -0.05) is 38.8 Å². The van der Waals surface area contributed by atoms with Crippen LogP contribution in [0.15, 0.2) is 47.5 Å². The van der Waals surface area contributed by atoms with Crippen LogP contribution in [0.1, 0.15) is 83.7 Å². The number of pyridine rings is 1. The average Bonchev–Trinajstić information content (AvgIpc) is 3.39. The molecule has 0 unspecified atom stereocenters. The highest BCUT2D eigenvalue weighted by molar-refractivity contribution is 14.1. The summed E-state index contributed by atoms with van der Waals surface area (Å²) in [6.07, 6.45) is 8.84. The minimum absolute atomic E-state index is 0.0163. The van der Waals surface area contributed by atoms with Crippen molar-refractivity contribution >= 4 is 55.0 Å². The van der Waals surface area contributed by atoms with Crippen LogP contribution in [0, 0.1) is 27.0 Å². The third kappa shape index (κ3) is 6.59. The van der Waals surface area contributed by atoms with Gasteiger partial charge in [0.2, 0.25) is 0 Å². The zero-order valence-electron chi connectivity index (χ0n) is 25.8. The maximum absolute atomic E-state index is 15.9. The SMILES string of the molecule is CNc1ncc([C@H]2CC[C@H](CCC(C)C)CC2)c2c1c(-c1cc(F)c(NS(=O)(=O)c3ccccc3I)cc1F)nn2C(C)C. The Labute approximate surface area is 272 Å². The minimum atomic E-state index is -4.15. The van der Waals surface area contributed by atoms with E-state index in [0.29, 0.717) is 26.6 Å². The Hall–Kier alpha value is -2.80. The largest absolute Gasteiger partial charge is 0.373 e. The van der Waals surface area contributed by atoms with E-state index >= 15 is 8.78 Å². The van der Waals surface area contributed by atoms with Gasteiger partial charge in [0.1, 0.15) is 28.0 Å². The number of hydrogen-bond donors (Lipinski definition) is 2. The van der Waals surface area contributed by atoms with Gasteiger partial charge < -0.3 is 5.32 Å². The molecule has 2 aromatic heterocycles. The van der Waals surface area contributed by atoms with Crippen LogP contribution in [-0.2, 0) is 10.0 Å². The molecule has 44 heavy (non-hydrogen) atoms. The number of fused-ring (bicyclic) bond motifs is 1. The molecule has 236 valence electrons. The van der Waals surface area contributed by atoms with Gasteiger partial charge in [-0.3, -0.25) is 9.40 Å². The molecule has 11 heteroatoms. The van der Waals surface area contributed by atoms with Crippen molar-refractivity contribution in [2.75, 3.05) is 17.1 Å². The van der Waals surface area contributed by atoms with Gasteiger partial charge in [0.25, 0.3) is 10.0 Å². The average molecular weight is 736 g/mol. The van der Waals surface area contributed by atoms with Crippen LogP contribution >= 0.6 is 22.6 Å². The third-order valence-corrected chi connectivity index (χ3v) is 11.3. The quantitative estimate of drug-likeness (QED) is 0.159. The van der Waals surface area contributed by atoms with Crippen LogP contribution in [0.25, 0.3) is 22.2 Å². The molecule has 7 nitrogen and oxygen atoms in total. The van der Waals surface area contributed by atoms with Crippen LogP contribution in [0.2, 0.25) is 0 Å². The topological polar surface area (TPSA) is 88.9 Å². The summed E-state index contributed by atoms with van der Waals surface area (Å²) >= 11 is 1.89. The molecule has 0 bridgehead atoms. The highest BCUT2D eigenvalue weighted by atomic mass is 127. The first-order valence-electron chi connectivity index (χ1n) is 15.3. The first kappa shape index (κ1) is 32.6. The molecule has 0 atom stereocenters. The van der Waals surface area contributed by atoms with E-state index < -0.39 is 27.3 Å². The molecule has 2 N–H and O–H groups in total. The van der Waals surface area contributed by atoms with Gasteiger partial charge in [-0.05, 0) is 104 Å². The number of aromatic nitrogens is 3. The Morgan fingerprint density at radius 1 is 1.05 bits per heavy atom. The molecule has 0 amide bonds. The van der Waals surface area contributed by atoms with Crippen LogP contribution in [0.4, 0.5) is 20.3 Å². The van der Waals surface area contributed by atoms with Crippen molar-refractivity contribution in [2.24, 2.45) is 11.8 Å². The maximum Gasteiger partial charge on any atom is 0.263 e. The van der Waals surface area contributed by atoms with E-state index in [2.05, 4.69) is 23.9 Å². The van der Waals surface area contributed by atoms with Crippen molar-refractivity contribution in [1.82, 2.24) is 14.8 Å².